The van der Waals surface area contributed by atoms with Crippen LogP contribution in [0.2, 0.25) is 5.02 Å². The van der Waals surface area contributed by atoms with Gasteiger partial charge in [-0.25, -0.2) is 14.8 Å². The number of hydrogen-bond acceptors (Lipinski definition) is 6. The first-order valence-electron chi connectivity index (χ1n) is 12.9. The molecule has 2 fully saturated rings. The molecular weight excluding hydrogens is 504 g/mol. The minimum absolute atomic E-state index is 0.262. The molecule has 10 heteroatoms. The van der Waals surface area contributed by atoms with Gasteiger partial charge in [-0.05, 0) is 92.7 Å². The number of amides is 2. The molecular formula is C28H29ClN6O3. The summed E-state index contributed by atoms with van der Waals surface area (Å²) >= 11 is 6.40. The number of ether oxygens (including phenoxy) is 2. The van der Waals surface area contributed by atoms with Gasteiger partial charge in [-0.1, -0.05) is 11.6 Å². The Bertz CT molecular complexity index is 1430. The van der Waals surface area contributed by atoms with E-state index in [4.69, 9.17) is 21.1 Å². The molecule has 2 aromatic heterocycles. The number of urea groups is 1. The fraction of sp³-hybridized carbons (Fsp3) is 0.321. The van der Waals surface area contributed by atoms with E-state index in [2.05, 4.69) is 30.9 Å². The first-order chi connectivity index (χ1) is 18.6. The quantitative estimate of drug-likeness (QED) is 0.230. The summed E-state index contributed by atoms with van der Waals surface area (Å²) in [5.41, 5.74) is 3.08. The van der Waals surface area contributed by atoms with Crippen LogP contribution in [0.1, 0.15) is 25.7 Å². The van der Waals surface area contributed by atoms with Gasteiger partial charge in [0.2, 0.25) is 5.88 Å². The molecule has 38 heavy (non-hydrogen) atoms. The molecule has 9 nitrogen and oxygen atoms in total. The number of H-pyrrole nitrogens is 1. The zero-order chi connectivity index (χ0) is 25.9. The van der Waals surface area contributed by atoms with Crippen molar-refractivity contribution < 1.29 is 14.3 Å². The summed E-state index contributed by atoms with van der Waals surface area (Å²) in [6.07, 6.45) is 5.79. The molecule has 1 aliphatic heterocycles. The molecule has 1 aliphatic carbocycles. The van der Waals surface area contributed by atoms with Crippen molar-refractivity contribution in [3.8, 4) is 28.6 Å². The standard InChI is InChI=1S/C28H29ClN6O3/c29-23-13-21(7-8-24(23)35-28(36)33-19-3-4-19)38-27-22-14-25(34-26(22)31-16-32-27)18-1-5-20(6-2-18)37-15-17-9-11-30-12-10-17/h1-2,5-8,13-14,16-17,19,30H,3-4,9-12,15H2,(H,31,32,34)(H2,33,35,36). The molecule has 4 N–H and O–H groups in total. The maximum absolute atomic E-state index is 12.0. The summed E-state index contributed by atoms with van der Waals surface area (Å²) in [4.78, 5) is 24.1. The lowest BCUT2D eigenvalue weighted by Crippen LogP contribution is -2.30. The lowest BCUT2D eigenvalue weighted by Gasteiger charge is -2.22. The number of anilines is 1. The number of hydrogen-bond donors (Lipinski definition) is 4. The van der Waals surface area contributed by atoms with Gasteiger partial charge in [-0.15, -0.1) is 0 Å². The van der Waals surface area contributed by atoms with Crippen LogP contribution in [0.4, 0.5) is 10.5 Å². The van der Waals surface area contributed by atoms with Crippen LogP contribution in [-0.2, 0) is 0 Å². The van der Waals surface area contributed by atoms with E-state index in [0.717, 1.165) is 67.8 Å². The van der Waals surface area contributed by atoms with Gasteiger partial charge in [-0.2, -0.15) is 0 Å². The van der Waals surface area contributed by atoms with Gasteiger partial charge >= 0.3 is 6.03 Å². The number of nitrogens with one attached hydrogen (secondary N) is 4. The van der Waals surface area contributed by atoms with Crippen molar-refractivity contribution in [1.82, 2.24) is 25.6 Å². The zero-order valence-corrected chi connectivity index (χ0v) is 21.6. The largest absolute Gasteiger partial charge is 0.493 e. The smallest absolute Gasteiger partial charge is 0.319 e. The van der Waals surface area contributed by atoms with Crippen LogP contribution in [-0.4, -0.2) is 46.7 Å². The van der Waals surface area contributed by atoms with Crippen LogP contribution >= 0.6 is 11.6 Å². The Labute approximate surface area is 225 Å². The van der Waals surface area contributed by atoms with E-state index in [1.807, 2.05) is 30.3 Å². The Morgan fingerprint density at radius 2 is 1.79 bits per heavy atom. The second-order valence-corrected chi connectivity index (χ2v) is 10.2. The number of rotatable bonds is 8. The van der Waals surface area contributed by atoms with Crippen molar-refractivity contribution in [2.24, 2.45) is 5.92 Å². The molecule has 6 rings (SSSR count). The fourth-order valence-corrected chi connectivity index (χ4v) is 4.71. The van der Waals surface area contributed by atoms with Crippen LogP contribution in [0.5, 0.6) is 17.4 Å². The first-order valence-corrected chi connectivity index (χ1v) is 13.3. The van der Waals surface area contributed by atoms with Gasteiger partial charge in [0.15, 0.2) is 0 Å². The second-order valence-electron chi connectivity index (χ2n) is 9.77. The third-order valence-electron chi connectivity index (χ3n) is 6.81. The SMILES string of the molecule is O=C(Nc1ccc(Oc2ncnc3[nH]c(-c4ccc(OCC5CCNCC5)cc4)cc23)cc1Cl)NC1CC1. The number of carbonyl (C=O) groups excluding carboxylic acids is 1. The number of aromatic amines is 1. The maximum Gasteiger partial charge on any atom is 0.319 e. The van der Waals surface area contributed by atoms with Crippen LogP contribution in [0.3, 0.4) is 0 Å². The number of aromatic nitrogens is 3. The number of nitrogens with zero attached hydrogens (tertiary/aromatic N) is 2. The van der Waals surface area contributed by atoms with Crippen molar-refractivity contribution >= 4 is 34.4 Å². The molecule has 4 aromatic rings. The molecule has 3 heterocycles. The van der Waals surface area contributed by atoms with Crippen molar-refractivity contribution in [1.29, 1.82) is 0 Å². The lowest BCUT2D eigenvalue weighted by atomic mass is 9.99. The van der Waals surface area contributed by atoms with Crippen LogP contribution in [0.25, 0.3) is 22.3 Å². The third kappa shape index (κ3) is 5.84. The number of benzene rings is 2. The summed E-state index contributed by atoms with van der Waals surface area (Å²) in [6, 6.07) is 15.1. The van der Waals surface area contributed by atoms with E-state index in [1.165, 1.54) is 6.33 Å². The number of fused-ring (bicyclic) bond motifs is 1. The molecule has 0 unspecified atom stereocenters. The Balaban J connectivity index is 1.14. The maximum atomic E-state index is 12.0. The first kappa shape index (κ1) is 24.5. The molecule has 0 radical (unpaired) electrons. The monoisotopic (exact) mass is 532 g/mol. The minimum Gasteiger partial charge on any atom is -0.493 e. The predicted octanol–water partition coefficient (Wildman–Crippen LogP) is 5.73. The Hall–Kier alpha value is -3.82. The van der Waals surface area contributed by atoms with E-state index in [9.17, 15) is 4.79 Å². The summed E-state index contributed by atoms with van der Waals surface area (Å²) in [5, 5.41) is 10.1. The lowest BCUT2D eigenvalue weighted by molar-refractivity contribution is 0.215. The average Bonchev–Trinajstić information content (AvgIpc) is 3.63. The minimum atomic E-state index is -0.262. The molecule has 2 amide bonds. The predicted molar refractivity (Wildman–Crippen MR) is 147 cm³/mol. The summed E-state index contributed by atoms with van der Waals surface area (Å²) in [5.74, 6) is 2.38. The summed E-state index contributed by atoms with van der Waals surface area (Å²) in [6.45, 7) is 2.88. The number of piperidine rings is 1. The third-order valence-corrected chi connectivity index (χ3v) is 7.13. The topological polar surface area (TPSA) is 113 Å². The average molecular weight is 533 g/mol. The molecule has 196 valence electrons. The van der Waals surface area contributed by atoms with Crippen LogP contribution in [0, 0.1) is 5.92 Å². The molecule has 1 saturated heterocycles. The Kier molecular flexibility index (Phi) is 7.02. The highest BCUT2D eigenvalue weighted by atomic mass is 35.5. The van der Waals surface area contributed by atoms with Gasteiger partial charge < -0.3 is 30.4 Å². The highest BCUT2D eigenvalue weighted by Crippen LogP contribution is 2.34. The van der Waals surface area contributed by atoms with Gasteiger partial charge in [0.1, 0.15) is 23.5 Å². The molecule has 0 spiro atoms. The molecule has 0 atom stereocenters. The van der Waals surface area contributed by atoms with E-state index in [-0.39, 0.29) is 12.1 Å². The van der Waals surface area contributed by atoms with E-state index >= 15 is 0 Å². The summed E-state index contributed by atoms with van der Waals surface area (Å²) < 4.78 is 12.1. The van der Waals surface area contributed by atoms with Gasteiger partial charge in [0.05, 0.1) is 22.7 Å². The van der Waals surface area contributed by atoms with E-state index < -0.39 is 0 Å². The van der Waals surface area contributed by atoms with Crippen molar-refractivity contribution in [2.75, 3.05) is 25.0 Å². The van der Waals surface area contributed by atoms with Crippen LogP contribution < -0.4 is 25.4 Å². The second kappa shape index (κ2) is 10.9. The van der Waals surface area contributed by atoms with Gasteiger partial charge in [0, 0.05) is 17.8 Å². The molecule has 0 bridgehead atoms. The van der Waals surface area contributed by atoms with Gasteiger partial charge in [-0.3, -0.25) is 0 Å². The zero-order valence-electron chi connectivity index (χ0n) is 20.8. The Morgan fingerprint density at radius 1 is 1.00 bits per heavy atom. The number of halogens is 1. The van der Waals surface area contributed by atoms with E-state index in [0.29, 0.717) is 33.9 Å². The normalized spacial score (nSPS) is 15.8. The van der Waals surface area contributed by atoms with E-state index in [1.54, 1.807) is 18.2 Å². The molecule has 2 aromatic carbocycles. The highest BCUT2D eigenvalue weighted by molar-refractivity contribution is 6.33. The highest BCUT2D eigenvalue weighted by Gasteiger charge is 2.23. The van der Waals surface area contributed by atoms with Crippen molar-refractivity contribution in [2.45, 2.75) is 31.7 Å². The fourth-order valence-electron chi connectivity index (χ4n) is 4.49. The van der Waals surface area contributed by atoms with Gasteiger partial charge in [0.25, 0.3) is 0 Å². The van der Waals surface area contributed by atoms with Crippen molar-refractivity contribution in [3.05, 3.63) is 59.9 Å². The summed E-state index contributed by atoms with van der Waals surface area (Å²) in [7, 11) is 0. The van der Waals surface area contributed by atoms with Crippen LogP contribution in [0.15, 0.2) is 54.9 Å². The van der Waals surface area contributed by atoms with Crippen molar-refractivity contribution in [3.63, 3.8) is 0 Å². The Morgan fingerprint density at radius 3 is 2.55 bits per heavy atom. The number of carbonyl (C=O) groups is 1. The molecule has 1 saturated carbocycles. The molecule has 2 aliphatic rings.